The van der Waals surface area contributed by atoms with E-state index in [-0.39, 0.29) is 11.7 Å². The van der Waals surface area contributed by atoms with Gasteiger partial charge in [0.1, 0.15) is 11.3 Å². The molecular weight excluding hydrogens is 334 g/mol. The van der Waals surface area contributed by atoms with Gasteiger partial charge in [-0.15, -0.1) is 0 Å². The lowest BCUT2D eigenvalue weighted by Crippen LogP contribution is -2.11. The number of benzene rings is 2. The highest BCUT2D eigenvalue weighted by atomic mass is 79.9. The van der Waals surface area contributed by atoms with Crippen LogP contribution in [0.15, 0.2) is 57.4 Å². The molecule has 0 atom stereocenters. The fraction of sp³-hybridized carbons (Fsp3) is 0.0625. The largest absolute Gasteiger partial charge is 0.495 e. The van der Waals surface area contributed by atoms with Gasteiger partial charge in [0.15, 0.2) is 5.76 Å². The first kappa shape index (κ1) is 13.7. The van der Waals surface area contributed by atoms with E-state index in [1.165, 1.54) is 0 Å². The number of ether oxygens (including phenoxy) is 1. The first-order valence-electron chi connectivity index (χ1n) is 6.31. The molecule has 0 spiro atoms. The Hall–Kier alpha value is -2.27. The molecule has 0 aliphatic heterocycles. The standard InChI is InChI=1S/C16H12BrNO3/c1-20-13-5-3-2-4-12(13)18-16(19)15-8-10-6-7-11(17)9-14(10)21-15/h2-9H,1H3,(H,18,19). The number of amides is 1. The zero-order valence-corrected chi connectivity index (χ0v) is 12.8. The number of rotatable bonds is 3. The van der Waals surface area contributed by atoms with E-state index in [9.17, 15) is 4.79 Å². The van der Waals surface area contributed by atoms with Crippen LogP contribution in [0.3, 0.4) is 0 Å². The Morgan fingerprint density at radius 2 is 2.00 bits per heavy atom. The average molecular weight is 346 g/mol. The Morgan fingerprint density at radius 3 is 2.81 bits per heavy atom. The molecule has 1 aromatic heterocycles. The molecule has 2 aromatic carbocycles. The molecule has 0 fully saturated rings. The Morgan fingerprint density at radius 1 is 1.19 bits per heavy atom. The van der Waals surface area contributed by atoms with Gasteiger partial charge in [0.25, 0.3) is 5.91 Å². The van der Waals surface area contributed by atoms with Crippen LogP contribution in [0.1, 0.15) is 10.6 Å². The summed E-state index contributed by atoms with van der Waals surface area (Å²) < 4.78 is 11.7. The molecule has 106 valence electrons. The van der Waals surface area contributed by atoms with Gasteiger partial charge in [0.05, 0.1) is 12.8 Å². The van der Waals surface area contributed by atoms with E-state index in [2.05, 4.69) is 21.2 Å². The second-order valence-electron chi connectivity index (χ2n) is 4.45. The highest BCUT2D eigenvalue weighted by Gasteiger charge is 2.14. The van der Waals surface area contributed by atoms with Crippen LogP contribution in [0.4, 0.5) is 5.69 Å². The van der Waals surface area contributed by atoms with Crippen molar-refractivity contribution in [3.8, 4) is 5.75 Å². The third-order valence-electron chi connectivity index (χ3n) is 3.06. The van der Waals surface area contributed by atoms with Gasteiger partial charge >= 0.3 is 0 Å². The normalized spacial score (nSPS) is 10.6. The Bertz CT molecular complexity index is 810. The molecule has 1 heterocycles. The van der Waals surface area contributed by atoms with E-state index in [4.69, 9.17) is 9.15 Å². The van der Waals surface area contributed by atoms with Crippen molar-refractivity contribution in [1.82, 2.24) is 0 Å². The minimum atomic E-state index is -0.313. The fourth-order valence-electron chi connectivity index (χ4n) is 2.05. The molecule has 5 heteroatoms. The van der Waals surface area contributed by atoms with Gasteiger partial charge < -0.3 is 14.5 Å². The Balaban J connectivity index is 1.90. The van der Waals surface area contributed by atoms with E-state index in [0.717, 1.165) is 9.86 Å². The minimum Gasteiger partial charge on any atom is -0.495 e. The van der Waals surface area contributed by atoms with E-state index >= 15 is 0 Å². The number of methoxy groups -OCH3 is 1. The van der Waals surface area contributed by atoms with Gasteiger partial charge in [0.2, 0.25) is 0 Å². The smallest absolute Gasteiger partial charge is 0.291 e. The summed E-state index contributed by atoms with van der Waals surface area (Å²) in [6, 6.07) is 14.6. The molecule has 0 saturated carbocycles. The summed E-state index contributed by atoms with van der Waals surface area (Å²) in [5.74, 6) is 0.547. The fourth-order valence-corrected chi connectivity index (χ4v) is 2.39. The maximum atomic E-state index is 12.3. The van der Waals surface area contributed by atoms with Crippen molar-refractivity contribution in [3.05, 3.63) is 58.8 Å². The van der Waals surface area contributed by atoms with Crippen LogP contribution in [0.25, 0.3) is 11.0 Å². The number of hydrogen-bond acceptors (Lipinski definition) is 3. The number of para-hydroxylation sites is 2. The molecule has 0 unspecified atom stereocenters. The molecule has 0 aliphatic carbocycles. The Labute approximate surface area is 129 Å². The first-order chi connectivity index (χ1) is 10.2. The summed E-state index contributed by atoms with van der Waals surface area (Å²) in [7, 11) is 1.56. The zero-order chi connectivity index (χ0) is 14.8. The van der Waals surface area contributed by atoms with Crippen LogP contribution in [0, 0.1) is 0 Å². The molecule has 21 heavy (non-hydrogen) atoms. The van der Waals surface area contributed by atoms with E-state index in [0.29, 0.717) is 17.0 Å². The molecule has 1 amide bonds. The van der Waals surface area contributed by atoms with Crippen molar-refractivity contribution < 1.29 is 13.9 Å². The van der Waals surface area contributed by atoms with Crippen LogP contribution in [-0.4, -0.2) is 13.0 Å². The lowest BCUT2D eigenvalue weighted by Gasteiger charge is -2.08. The number of fused-ring (bicyclic) bond motifs is 1. The van der Waals surface area contributed by atoms with Gasteiger partial charge in [-0.1, -0.05) is 28.1 Å². The van der Waals surface area contributed by atoms with E-state index in [1.807, 2.05) is 30.3 Å². The van der Waals surface area contributed by atoms with Crippen molar-refractivity contribution in [2.24, 2.45) is 0 Å². The van der Waals surface area contributed by atoms with Crippen LogP contribution in [0.5, 0.6) is 5.75 Å². The molecule has 0 aliphatic rings. The third kappa shape index (κ3) is 2.78. The summed E-state index contributed by atoms with van der Waals surface area (Å²) in [5.41, 5.74) is 1.26. The lowest BCUT2D eigenvalue weighted by molar-refractivity contribution is 0.0998. The van der Waals surface area contributed by atoms with Crippen LogP contribution >= 0.6 is 15.9 Å². The molecule has 0 radical (unpaired) electrons. The van der Waals surface area contributed by atoms with Crippen LogP contribution in [-0.2, 0) is 0 Å². The zero-order valence-electron chi connectivity index (χ0n) is 11.2. The number of carbonyl (C=O) groups is 1. The summed E-state index contributed by atoms with van der Waals surface area (Å²) in [6.45, 7) is 0. The maximum Gasteiger partial charge on any atom is 0.291 e. The summed E-state index contributed by atoms with van der Waals surface area (Å²) in [5, 5.41) is 3.66. The summed E-state index contributed by atoms with van der Waals surface area (Å²) >= 11 is 3.37. The monoisotopic (exact) mass is 345 g/mol. The number of halogens is 1. The predicted molar refractivity (Wildman–Crippen MR) is 84.9 cm³/mol. The number of anilines is 1. The Kier molecular flexibility index (Phi) is 3.66. The molecule has 1 N–H and O–H groups in total. The van der Waals surface area contributed by atoms with Crippen LogP contribution < -0.4 is 10.1 Å². The van der Waals surface area contributed by atoms with Crippen molar-refractivity contribution in [3.63, 3.8) is 0 Å². The van der Waals surface area contributed by atoms with Gasteiger partial charge in [-0.3, -0.25) is 4.79 Å². The van der Waals surface area contributed by atoms with E-state index < -0.39 is 0 Å². The van der Waals surface area contributed by atoms with Gasteiger partial charge in [-0.25, -0.2) is 0 Å². The highest BCUT2D eigenvalue weighted by Crippen LogP contribution is 2.26. The highest BCUT2D eigenvalue weighted by molar-refractivity contribution is 9.10. The molecule has 3 aromatic rings. The maximum absolute atomic E-state index is 12.3. The molecule has 0 saturated heterocycles. The molecule has 0 bridgehead atoms. The molecule has 3 rings (SSSR count). The summed E-state index contributed by atoms with van der Waals surface area (Å²) in [4.78, 5) is 12.3. The number of carbonyl (C=O) groups excluding carboxylic acids is 1. The quantitative estimate of drug-likeness (QED) is 0.762. The minimum absolute atomic E-state index is 0.258. The lowest BCUT2D eigenvalue weighted by atomic mass is 10.2. The van der Waals surface area contributed by atoms with Gasteiger partial charge in [-0.2, -0.15) is 0 Å². The SMILES string of the molecule is COc1ccccc1NC(=O)c1cc2ccc(Br)cc2o1. The predicted octanol–water partition coefficient (Wildman–Crippen LogP) is 4.46. The summed E-state index contributed by atoms with van der Waals surface area (Å²) in [6.07, 6.45) is 0. The second kappa shape index (κ2) is 5.61. The number of furan rings is 1. The average Bonchev–Trinajstić information content (AvgIpc) is 2.91. The van der Waals surface area contributed by atoms with Crippen LogP contribution in [0.2, 0.25) is 0 Å². The van der Waals surface area contributed by atoms with Crippen molar-refractivity contribution in [2.45, 2.75) is 0 Å². The number of nitrogens with one attached hydrogen (secondary N) is 1. The van der Waals surface area contributed by atoms with Gasteiger partial charge in [0, 0.05) is 9.86 Å². The van der Waals surface area contributed by atoms with E-state index in [1.54, 1.807) is 25.3 Å². The first-order valence-corrected chi connectivity index (χ1v) is 7.10. The van der Waals surface area contributed by atoms with Crippen molar-refractivity contribution in [2.75, 3.05) is 12.4 Å². The third-order valence-corrected chi connectivity index (χ3v) is 3.55. The number of hydrogen-bond donors (Lipinski definition) is 1. The second-order valence-corrected chi connectivity index (χ2v) is 5.36. The van der Waals surface area contributed by atoms with Crippen molar-refractivity contribution >= 4 is 38.5 Å². The molecule has 4 nitrogen and oxygen atoms in total. The topological polar surface area (TPSA) is 51.5 Å². The van der Waals surface area contributed by atoms with Crippen molar-refractivity contribution in [1.29, 1.82) is 0 Å². The molecular formula is C16H12BrNO3. The van der Waals surface area contributed by atoms with Gasteiger partial charge in [-0.05, 0) is 36.4 Å².